The van der Waals surface area contributed by atoms with E-state index in [2.05, 4.69) is 22.3 Å². The maximum absolute atomic E-state index is 5.80. The summed E-state index contributed by atoms with van der Waals surface area (Å²) >= 11 is 0. The van der Waals surface area contributed by atoms with E-state index in [0.29, 0.717) is 6.10 Å². The van der Waals surface area contributed by atoms with E-state index in [1.165, 1.54) is 0 Å². The first-order chi connectivity index (χ1) is 6.95. The van der Waals surface area contributed by atoms with Crippen LogP contribution in [0.15, 0.2) is 24.5 Å². The molecule has 0 amide bonds. The van der Waals surface area contributed by atoms with Gasteiger partial charge >= 0.3 is 0 Å². The summed E-state index contributed by atoms with van der Waals surface area (Å²) in [7, 11) is 0. The molecular weight excluding hydrogens is 176 g/mol. The zero-order valence-electron chi connectivity index (χ0n) is 8.48. The Labute approximate surface area is 85.1 Å². The molecule has 0 spiro atoms. The zero-order valence-corrected chi connectivity index (χ0v) is 8.48. The maximum Gasteiger partial charge on any atom is 0.0649 e. The topological polar surface area (TPSA) is 26.2 Å². The van der Waals surface area contributed by atoms with Crippen LogP contribution < -0.4 is 5.32 Å². The van der Waals surface area contributed by atoms with Gasteiger partial charge in [0.25, 0.3) is 0 Å². The molecule has 78 valence electrons. The molecule has 0 saturated carbocycles. The van der Waals surface area contributed by atoms with Gasteiger partial charge < -0.3 is 14.6 Å². The Balaban J connectivity index is 1.62. The minimum atomic E-state index is 0.479. The summed E-state index contributed by atoms with van der Waals surface area (Å²) in [6.45, 7) is 4.01. The van der Waals surface area contributed by atoms with Crippen molar-refractivity contribution in [1.29, 1.82) is 0 Å². The highest BCUT2D eigenvalue weighted by atomic mass is 16.5. The van der Waals surface area contributed by atoms with Gasteiger partial charge in [-0.3, -0.25) is 0 Å². The van der Waals surface area contributed by atoms with Crippen molar-refractivity contribution >= 4 is 0 Å². The van der Waals surface area contributed by atoms with E-state index in [1.807, 2.05) is 12.1 Å². The Morgan fingerprint density at radius 3 is 2.64 bits per heavy atom. The largest absolute Gasteiger partial charge is 0.376 e. The van der Waals surface area contributed by atoms with E-state index in [1.54, 1.807) is 0 Å². The van der Waals surface area contributed by atoms with Crippen molar-refractivity contribution in [2.24, 2.45) is 0 Å². The Morgan fingerprint density at radius 1 is 1.21 bits per heavy atom. The van der Waals surface area contributed by atoms with Gasteiger partial charge in [-0.05, 0) is 38.1 Å². The van der Waals surface area contributed by atoms with Gasteiger partial charge in [0.05, 0.1) is 12.7 Å². The molecule has 0 bridgehead atoms. The summed E-state index contributed by atoms with van der Waals surface area (Å²) in [5.74, 6) is 0. The fraction of sp³-hybridized carbons (Fsp3) is 0.636. The molecule has 2 heterocycles. The van der Waals surface area contributed by atoms with Gasteiger partial charge in [-0.15, -0.1) is 0 Å². The fourth-order valence-electron chi connectivity index (χ4n) is 1.81. The van der Waals surface area contributed by atoms with Crippen molar-refractivity contribution in [2.45, 2.75) is 25.5 Å². The highest BCUT2D eigenvalue weighted by Crippen LogP contribution is 2.06. The molecule has 0 aromatic carbocycles. The van der Waals surface area contributed by atoms with Gasteiger partial charge in [0, 0.05) is 18.9 Å². The van der Waals surface area contributed by atoms with Gasteiger partial charge in [-0.25, -0.2) is 0 Å². The van der Waals surface area contributed by atoms with Gasteiger partial charge in [0.15, 0.2) is 0 Å². The summed E-state index contributed by atoms with van der Waals surface area (Å²) in [6, 6.07) is 4.09. The number of aromatic nitrogens is 1. The lowest BCUT2D eigenvalue weighted by Crippen LogP contribution is -2.33. The van der Waals surface area contributed by atoms with Gasteiger partial charge in [-0.2, -0.15) is 0 Å². The van der Waals surface area contributed by atoms with Crippen LogP contribution in [-0.2, 0) is 11.3 Å². The molecular formula is C11H18N2O. The lowest BCUT2D eigenvalue weighted by atomic mass is 10.1. The van der Waals surface area contributed by atoms with Gasteiger partial charge in [-0.1, -0.05) is 0 Å². The normalized spacial score (nSPS) is 18.6. The molecule has 2 rings (SSSR count). The average molecular weight is 194 g/mol. The molecule has 1 saturated heterocycles. The standard InChI is InChI=1S/C11H18N2O/c1-2-8-13(7-1)9-10-14-11-3-5-12-6-4-11/h1-2,7-8,11-12H,3-6,9-10H2. The van der Waals surface area contributed by atoms with Crippen LogP contribution in [0.1, 0.15) is 12.8 Å². The van der Waals surface area contributed by atoms with Crippen molar-refractivity contribution in [3.05, 3.63) is 24.5 Å². The van der Waals surface area contributed by atoms with Crippen molar-refractivity contribution in [3.63, 3.8) is 0 Å². The zero-order chi connectivity index (χ0) is 9.64. The number of piperidine rings is 1. The second-order valence-corrected chi connectivity index (χ2v) is 3.74. The monoisotopic (exact) mass is 194 g/mol. The molecule has 0 aliphatic carbocycles. The smallest absolute Gasteiger partial charge is 0.0649 e. The van der Waals surface area contributed by atoms with E-state index in [0.717, 1.165) is 39.1 Å². The summed E-state index contributed by atoms with van der Waals surface area (Å²) < 4.78 is 7.95. The summed E-state index contributed by atoms with van der Waals surface area (Å²) in [6.07, 6.45) is 6.95. The Bertz CT molecular complexity index is 240. The summed E-state index contributed by atoms with van der Waals surface area (Å²) in [4.78, 5) is 0. The number of nitrogens with zero attached hydrogens (tertiary/aromatic N) is 1. The SMILES string of the molecule is c1ccn(CCOC2CCNCC2)c1. The minimum absolute atomic E-state index is 0.479. The Kier molecular flexibility index (Phi) is 3.60. The molecule has 1 N–H and O–H groups in total. The van der Waals surface area contributed by atoms with Gasteiger partial charge in [0.2, 0.25) is 0 Å². The first kappa shape index (κ1) is 9.74. The first-order valence-electron chi connectivity index (χ1n) is 5.38. The van der Waals surface area contributed by atoms with Crippen molar-refractivity contribution < 1.29 is 4.74 Å². The quantitative estimate of drug-likeness (QED) is 0.781. The number of rotatable bonds is 4. The van der Waals surface area contributed by atoms with E-state index >= 15 is 0 Å². The molecule has 1 aromatic heterocycles. The predicted octanol–water partition coefficient (Wildman–Crippen LogP) is 1.26. The van der Waals surface area contributed by atoms with Crippen LogP contribution in [0.5, 0.6) is 0 Å². The minimum Gasteiger partial charge on any atom is -0.376 e. The number of hydrogen-bond donors (Lipinski definition) is 1. The molecule has 14 heavy (non-hydrogen) atoms. The maximum atomic E-state index is 5.80. The third kappa shape index (κ3) is 2.86. The highest BCUT2D eigenvalue weighted by molar-refractivity contribution is 4.90. The molecule has 3 heteroatoms. The number of hydrogen-bond acceptors (Lipinski definition) is 2. The Morgan fingerprint density at radius 2 is 1.93 bits per heavy atom. The van der Waals surface area contributed by atoms with Crippen LogP contribution in [0.4, 0.5) is 0 Å². The highest BCUT2D eigenvalue weighted by Gasteiger charge is 2.12. The lowest BCUT2D eigenvalue weighted by Gasteiger charge is -2.22. The van der Waals surface area contributed by atoms with Crippen molar-refractivity contribution in [2.75, 3.05) is 19.7 Å². The fourth-order valence-corrected chi connectivity index (χ4v) is 1.81. The molecule has 1 aromatic rings. The van der Waals surface area contributed by atoms with Crippen LogP contribution >= 0.6 is 0 Å². The molecule has 3 nitrogen and oxygen atoms in total. The third-order valence-corrected chi connectivity index (χ3v) is 2.66. The molecule has 1 aliphatic heterocycles. The number of ether oxygens (including phenoxy) is 1. The average Bonchev–Trinajstić information content (AvgIpc) is 2.72. The van der Waals surface area contributed by atoms with E-state index in [9.17, 15) is 0 Å². The second-order valence-electron chi connectivity index (χ2n) is 3.74. The molecule has 1 fully saturated rings. The van der Waals surface area contributed by atoms with E-state index < -0.39 is 0 Å². The van der Waals surface area contributed by atoms with Crippen LogP contribution in [0.2, 0.25) is 0 Å². The third-order valence-electron chi connectivity index (χ3n) is 2.66. The Hall–Kier alpha value is -0.800. The summed E-state index contributed by atoms with van der Waals surface area (Å²) in [5.41, 5.74) is 0. The summed E-state index contributed by atoms with van der Waals surface area (Å²) in [5, 5.41) is 3.33. The number of nitrogens with one attached hydrogen (secondary N) is 1. The molecule has 0 unspecified atom stereocenters. The van der Waals surface area contributed by atoms with Crippen LogP contribution in [0.3, 0.4) is 0 Å². The van der Waals surface area contributed by atoms with E-state index in [-0.39, 0.29) is 0 Å². The van der Waals surface area contributed by atoms with Gasteiger partial charge in [0.1, 0.15) is 0 Å². The van der Waals surface area contributed by atoms with Crippen LogP contribution in [0, 0.1) is 0 Å². The van der Waals surface area contributed by atoms with Crippen molar-refractivity contribution in [1.82, 2.24) is 9.88 Å². The van der Waals surface area contributed by atoms with E-state index in [4.69, 9.17) is 4.74 Å². The molecule has 0 atom stereocenters. The first-order valence-corrected chi connectivity index (χ1v) is 5.38. The second kappa shape index (κ2) is 5.17. The van der Waals surface area contributed by atoms with Crippen molar-refractivity contribution in [3.8, 4) is 0 Å². The van der Waals surface area contributed by atoms with Crippen LogP contribution in [-0.4, -0.2) is 30.4 Å². The molecule has 1 aliphatic rings. The molecule has 0 radical (unpaired) electrons. The predicted molar refractivity (Wildman–Crippen MR) is 56.3 cm³/mol. The lowest BCUT2D eigenvalue weighted by molar-refractivity contribution is 0.0285. The van der Waals surface area contributed by atoms with Crippen LogP contribution in [0.25, 0.3) is 0 Å².